The number of amides is 1. The molecular weight excluding hydrogens is 252 g/mol. The Balaban J connectivity index is 2.17. The Bertz CT molecular complexity index is 452. The molecule has 0 radical (unpaired) electrons. The Hall–Kier alpha value is -1.26. The fourth-order valence-electron chi connectivity index (χ4n) is 2.18. The number of rotatable bonds is 4. The van der Waals surface area contributed by atoms with Crippen LogP contribution in [0.5, 0.6) is 0 Å². The molecule has 2 rings (SSSR count). The summed E-state index contributed by atoms with van der Waals surface area (Å²) in [5.41, 5.74) is 6.27. The van der Waals surface area contributed by atoms with Crippen molar-refractivity contribution in [2.45, 2.75) is 25.4 Å². The molecule has 1 fully saturated rings. The number of nitrogens with two attached hydrogens (primary N) is 1. The van der Waals surface area contributed by atoms with Crippen LogP contribution in [0.25, 0.3) is 0 Å². The lowest BCUT2D eigenvalue weighted by Gasteiger charge is -2.31. The minimum Gasteiger partial charge on any atom is -0.447 e. The van der Waals surface area contributed by atoms with Crippen LogP contribution >= 0.6 is 11.6 Å². The van der Waals surface area contributed by atoms with Crippen molar-refractivity contribution in [2.24, 2.45) is 5.73 Å². The molecule has 4 nitrogen and oxygen atoms in total. The van der Waals surface area contributed by atoms with Crippen molar-refractivity contribution in [3.05, 3.63) is 34.9 Å². The van der Waals surface area contributed by atoms with Crippen molar-refractivity contribution >= 4 is 17.7 Å². The number of nitrogens with zero attached hydrogens (tertiary/aromatic N) is 1. The van der Waals surface area contributed by atoms with Crippen LogP contribution in [-0.2, 0) is 11.3 Å². The van der Waals surface area contributed by atoms with Gasteiger partial charge in [0, 0.05) is 11.6 Å². The highest BCUT2D eigenvalue weighted by molar-refractivity contribution is 6.30. The molecule has 0 aliphatic carbocycles. The molecule has 1 aromatic carbocycles. The summed E-state index contributed by atoms with van der Waals surface area (Å²) in [6, 6.07) is 7.49. The van der Waals surface area contributed by atoms with Crippen molar-refractivity contribution in [2.75, 3.05) is 13.2 Å². The van der Waals surface area contributed by atoms with Gasteiger partial charge in [-0.3, -0.25) is 4.90 Å². The minimum atomic E-state index is -0.325. The van der Waals surface area contributed by atoms with Gasteiger partial charge in [-0.25, -0.2) is 4.79 Å². The molecule has 98 valence electrons. The number of benzene rings is 1. The molecule has 1 aliphatic heterocycles. The Kier molecular flexibility index (Phi) is 3.78. The first kappa shape index (κ1) is 13.2. The molecule has 1 heterocycles. The molecule has 2 N–H and O–H groups in total. The summed E-state index contributed by atoms with van der Waals surface area (Å²) in [4.78, 5) is 13.5. The van der Waals surface area contributed by atoms with E-state index >= 15 is 0 Å². The largest absolute Gasteiger partial charge is 0.447 e. The zero-order valence-corrected chi connectivity index (χ0v) is 11.1. The molecule has 1 aliphatic rings. The van der Waals surface area contributed by atoms with Crippen LogP contribution in [-0.4, -0.2) is 29.7 Å². The third-order valence-electron chi connectivity index (χ3n) is 3.29. The van der Waals surface area contributed by atoms with Gasteiger partial charge in [0.05, 0.1) is 5.54 Å². The predicted molar refractivity (Wildman–Crippen MR) is 70.4 cm³/mol. The van der Waals surface area contributed by atoms with Crippen LogP contribution in [0.3, 0.4) is 0 Å². The monoisotopic (exact) mass is 268 g/mol. The number of carbonyl (C=O) groups is 1. The van der Waals surface area contributed by atoms with Crippen molar-refractivity contribution < 1.29 is 9.53 Å². The fraction of sp³-hybridized carbons (Fsp3) is 0.462. The fourth-order valence-corrected chi connectivity index (χ4v) is 2.40. The summed E-state index contributed by atoms with van der Waals surface area (Å²) in [6.07, 6.45) is 0.435. The summed E-state index contributed by atoms with van der Waals surface area (Å²) in [5.74, 6) is 0. The van der Waals surface area contributed by atoms with Crippen LogP contribution < -0.4 is 5.73 Å². The van der Waals surface area contributed by atoms with Crippen LogP contribution in [0, 0.1) is 0 Å². The molecule has 0 bridgehead atoms. The van der Waals surface area contributed by atoms with E-state index < -0.39 is 0 Å². The van der Waals surface area contributed by atoms with E-state index in [1.54, 1.807) is 4.90 Å². The predicted octanol–water partition coefficient (Wildman–Crippen LogP) is 2.40. The van der Waals surface area contributed by atoms with E-state index in [0.717, 1.165) is 12.0 Å². The van der Waals surface area contributed by atoms with Crippen LogP contribution in [0.1, 0.15) is 18.9 Å². The third kappa shape index (κ3) is 2.60. The SMILES string of the molecule is CC1(CCN)COC(=O)N1Cc1cccc(Cl)c1. The lowest BCUT2D eigenvalue weighted by Crippen LogP contribution is -2.45. The molecule has 1 saturated heterocycles. The van der Waals surface area contributed by atoms with Crippen molar-refractivity contribution in [3.8, 4) is 0 Å². The van der Waals surface area contributed by atoms with E-state index in [1.807, 2.05) is 31.2 Å². The molecular formula is C13H17ClN2O2. The number of hydrogen-bond donors (Lipinski definition) is 1. The average Bonchev–Trinajstić information content (AvgIpc) is 2.58. The van der Waals surface area contributed by atoms with Gasteiger partial charge >= 0.3 is 6.09 Å². The summed E-state index contributed by atoms with van der Waals surface area (Å²) in [5, 5.41) is 0.667. The molecule has 0 spiro atoms. The second kappa shape index (κ2) is 5.16. The van der Waals surface area contributed by atoms with Gasteiger partial charge in [0.15, 0.2) is 0 Å². The molecule has 0 saturated carbocycles. The van der Waals surface area contributed by atoms with Gasteiger partial charge in [0.2, 0.25) is 0 Å². The lowest BCUT2D eigenvalue weighted by atomic mass is 9.97. The third-order valence-corrected chi connectivity index (χ3v) is 3.53. The van der Waals surface area contributed by atoms with Gasteiger partial charge in [-0.2, -0.15) is 0 Å². The van der Waals surface area contributed by atoms with Gasteiger partial charge in [0.1, 0.15) is 6.61 Å². The van der Waals surface area contributed by atoms with Crippen LogP contribution in [0.2, 0.25) is 5.02 Å². The number of ether oxygens (including phenoxy) is 1. The number of carbonyl (C=O) groups excluding carboxylic acids is 1. The Morgan fingerprint density at radius 2 is 2.33 bits per heavy atom. The molecule has 18 heavy (non-hydrogen) atoms. The lowest BCUT2D eigenvalue weighted by molar-refractivity contribution is 0.148. The molecule has 5 heteroatoms. The first-order chi connectivity index (χ1) is 8.55. The van der Waals surface area contributed by atoms with E-state index in [4.69, 9.17) is 22.1 Å². The molecule has 0 aromatic heterocycles. The smallest absolute Gasteiger partial charge is 0.410 e. The summed E-state index contributed by atoms with van der Waals surface area (Å²) in [7, 11) is 0. The number of halogens is 1. The second-order valence-electron chi connectivity index (χ2n) is 4.81. The minimum absolute atomic E-state index is 0.286. The van der Waals surface area contributed by atoms with E-state index in [0.29, 0.717) is 24.7 Å². The first-order valence-electron chi connectivity index (χ1n) is 5.94. The normalized spacial score (nSPS) is 23.3. The number of cyclic esters (lactones) is 1. The highest BCUT2D eigenvalue weighted by Crippen LogP contribution is 2.29. The maximum absolute atomic E-state index is 11.8. The highest BCUT2D eigenvalue weighted by Gasteiger charge is 2.42. The summed E-state index contributed by atoms with van der Waals surface area (Å²) < 4.78 is 5.13. The topological polar surface area (TPSA) is 55.6 Å². The standard InChI is InChI=1S/C13H17ClN2O2/c1-13(5-6-15)9-18-12(17)16(13)8-10-3-2-4-11(14)7-10/h2-4,7H,5-6,8-9,15H2,1H3. The van der Waals surface area contributed by atoms with E-state index in [2.05, 4.69) is 0 Å². The Morgan fingerprint density at radius 3 is 3.00 bits per heavy atom. The first-order valence-corrected chi connectivity index (χ1v) is 6.32. The van der Waals surface area contributed by atoms with Gasteiger partial charge in [-0.15, -0.1) is 0 Å². The summed E-state index contributed by atoms with van der Waals surface area (Å²) in [6.45, 7) is 3.41. The highest BCUT2D eigenvalue weighted by atomic mass is 35.5. The molecule has 1 amide bonds. The second-order valence-corrected chi connectivity index (χ2v) is 5.24. The zero-order chi connectivity index (χ0) is 13.2. The van der Waals surface area contributed by atoms with Gasteiger partial charge in [0.25, 0.3) is 0 Å². The van der Waals surface area contributed by atoms with Crippen molar-refractivity contribution in [3.63, 3.8) is 0 Å². The van der Waals surface area contributed by atoms with Gasteiger partial charge < -0.3 is 10.5 Å². The summed E-state index contributed by atoms with van der Waals surface area (Å²) >= 11 is 5.94. The quantitative estimate of drug-likeness (QED) is 0.912. The van der Waals surface area contributed by atoms with E-state index in [1.165, 1.54) is 0 Å². The van der Waals surface area contributed by atoms with E-state index in [-0.39, 0.29) is 11.6 Å². The van der Waals surface area contributed by atoms with Crippen LogP contribution in [0.4, 0.5) is 4.79 Å². The maximum atomic E-state index is 11.8. The van der Waals surface area contributed by atoms with Gasteiger partial charge in [-0.05, 0) is 37.6 Å². The average molecular weight is 269 g/mol. The number of hydrogen-bond acceptors (Lipinski definition) is 3. The molecule has 1 atom stereocenters. The Labute approximate surface area is 112 Å². The van der Waals surface area contributed by atoms with Crippen molar-refractivity contribution in [1.82, 2.24) is 4.90 Å². The molecule has 1 unspecified atom stereocenters. The van der Waals surface area contributed by atoms with Crippen molar-refractivity contribution in [1.29, 1.82) is 0 Å². The van der Waals surface area contributed by atoms with Gasteiger partial charge in [-0.1, -0.05) is 23.7 Å². The zero-order valence-electron chi connectivity index (χ0n) is 10.4. The molecule has 1 aromatic rings. The maximum Gasteiger partial charge on any atom is 0.410 e. The van der Waals surface area contributed by atoms with E-state index in [9.17, 15) is 4.79 Å². The Morgan fingerprint density at radius 1 is 1.56 bits per heavy atom. The van der Waals surface area contributed by atoms with Crippen LogP contribution in [0.15, 0.2) is 24.3 Å².